The minimum Gasteiger partial charge on any atom is -0.497 e. The molecule has 1 fully saturated rings. The van der Waals surface area contributed by atoms with Gasteiger partial charge in [0, 0.05) is 12.1 Å². The first-order chi connectivity index (χ1) is 8.28. The van der Waals surface area contributed by atoms with Gasteiger partial charge in [0.2, 0.25) is 0 Å². The van der Waals surface area contributed by atoms with E-state index in [0.717, 1.165) is 17.1 Å². The molecule has 1 saturated carbocycles. The van der Waals surface area contributed by atoms with Crippen LogP contribution in [0, 0.1) is 5.92 Å². The summed E-state index contributed by atoms with van der Waals surface area (Å²) in [6.07, 6.45) is 3.76. The summed E-state index contributed by atoms with van der Waals surface area (Å²) in [6.45, 7) is 0. The van der Waals surface area contributed by atoms with Crippen LogP contribution >= 0.6 is 0 Å². The summed E-state index contributed by atoms with van der Waals surface area (Å²) < 4.78 is 10.5. The second-order valence-corrected chi connectivity index (χ2v) is 4.48. The number of hydrogen-bond donors (Lipinski definition) is 2. The Morgan fingerprint density at radius 2 is 1.76 bits per heavy atom. The van der Waals surface area contributed by atoms with Crippen LogP contribution in [0.1, 0.15) is 30.9 Å². The molecule has 0 radical (unpaired) electrons. The van der Waals surface area contributed by atoms with Crippen molar-refractivity contribution in [1.29, 1.82) is 0 Å². The van der Waals surface area contributed by atoms with Gasteiger partial charge in [-0.2, -0.15) is 0 Å². The first-order valence-corrected chi connectivity index (χ1v) is 5.97. The Morgan fingerprint density at radius 3 is 2.12 bits per heavy atom. The van der Waals surface area contributed by atoms with Gasteiger partial charge < -0.3 is 9.47 Å². The quantitative estimate of drug-likeness (QED) is 0.606. The van der Waals surface area contributed by atoms with Gasteiger partial charge in [-0.3, -0.25) is 11.3 Å². The molecule has 0 heterocycles. The van der Waals surface area contributed by atoms with Gasteiger partial charge in [-0.15, -0.1) is 0 Å². The third-order valence-electron chi connectivity index (χ3n) is 3.53. The number of ether oxygens (including phenoxy) is 2. The van der Waals surface area contributed by atoms with Crippen molar-refractivity contribution in [3.05, 3.63) is 23.8 Å². The molecule has 1 aliphatic carbocycles. The predicted octanol–water partition coefficient (Wildman–Crippen LogP) is 2.01. The summed E-state index contributed by atoms with van der Waals surface area (Å²) in [5.74, 6) is 7.90. The lowest BCUT2D eigenvalue weighted by atomic mass is 9.77. The number of hydrogen-bond acceptors (Lipinski definition) is 4. The van der Waals surface area contributed by atoms with Crippen molar-refractivity contribution in [2.24, 2.45) is 11.8 Å². The molecule has 0 aromatic heterocycles. The monoisotopic (exact) mass is 236 g/mol. The Labute approximate surface area is 102 Å². The lowest BCUT2D eigenvalue weighted by Gasteiger charge is -2.33. The Kier molecular flexibility index (Phi) is 3.86. The highest BCUT2D eigenvalue weighted by Crippen LogP contribution is 2.39. The highest BCUT2D eigenvalue weighted by molar-refractivity contribution is 5.40. The van der Waals surface area contributed by atoms with E-state index in [1.807, 2.05) is 18.2 Å². The van der Waals surface area contributed by atoms with Crippen LogP contribution in [0.15, 0.2) is 18.2 Å². The van der Waals surface area contributed by atoms with Gasteiger partial charge in [0.1, 0.15) is 11.5 Å². The number of nitrogens with two attached hydrogens (primary N) is 1. The van der Waals surface area contributed by atoms with Gasteiger partial charge in [-0.05, 0) is 36.5 Å². The fraction of sp³-hybridized carbons (Fsp3) is 0.538. The molecule has 0 aliphatic heterocycles. The molecule has 4 heteroatoms. The van der Waals surface area contributed by atoms with Crippen molar-refractivity contribution < 1.29 is 9.47 Å². The normalized spacial score (nSPS) is 17.4. The average molecular weight is 236 g/mol. The van der Waals surface area contributed by atoms with Gasteiger partial charge in [0.05, 0.1) is 14.2 Å². The third-order valence-corrected chi connectivity index (χ3v) is 3.53. The van der Waals surface area contributed by atoms with E-state index >= 15 is 0 Å². The molecule has 0 saturated heterocycles. The highest BCUT2D eigenvalue weighted by atomic mass is 16.5. The Balaban J connectivity index is 2.27. The lowest BCUT2D eigenvalue weighted by Crippen LogP contribution is -2.36. The van der Waals surface area contributed by atoms with E-state index in [1.165, 1.54) is 19.3 Å². The molecule has 0 amide bonds. The van der Waals surface area contributed by atoms with E-state index in [1.54, 1.807) is 14.2 Å². The zero-order chi connectivity index (χ0) is 12.3. The van der Waals surface area contributed by atoms with E-state index in [4.69, 9.17) is 15.3 Å². The average Bonchev–Trinajstić information content (AvgIpc) is 2.32. The maximum atomic E-state index is 5.67. The maximum Gasteiger partial charge on any atom is 0.122 e. The van der Waals surface area contributed by atoms with E-state index in [9.17, 15) is 0 Å². The van der Waals surface area contributed by atoms with Gasteiger partial charge in [0.15, 0.2) is 0 Å². The summed E-state index contributed by atoms with van der Waals surface area (Å²) in [5, 5.41) is 0. The lowest BCUT2D eigenvalue weighted by molar-refractivity contribution is 0.231. The summed E-state index contributed by atoms with van der Waals surface area (Å²) in [7, 11) is 3.32. The Hall–Kier alpha value is -1.26. The Bertz CT molecular complexity index is 355. The van der Waals surface area contributed by atoms with Crippen molar-refractivity contribution in [3.63, 3.8) is 0 Å². The first kappa shape index (κ1) is 12.2. The molecule has 1 unspecified atom stereocenters. The fourth-order valence-electron chi connectivity index (χ4n) is 2.29. The van der Waals surface area contributed by atoms with E-state index < -0.39 is 0 Å². The number of rotatable bonds is 5. The topological polar surface area (TPSA) is 56.5 Å². The molecule has 1 atom stereocenters. The van der Waals surface area contributed by atoms with Crippen LogP contribution < -0.4 is 20.7 Å². The highest BCUT2D eigenvalue weighted by Gasteiger charge is 2.28. The SMILES string of the molecule is COc1cc(OC)cc(C(NN)C2CCC2)c1. The van der Waals surface area contributed by atoms with Crippen molar-refractivity contribution in [2.45, 2.75) is 25.3 Å². The predicted molar refractivity (Wildman–Crippen MR) is 67.0 cm³/mol. The zero-order valence-electron chi connectivity index (χ0n) is 10.4. The van der Waals surface area contributed by atoms with E-state index in [2.05, 4.69) is 5.43 Å². The van der Waals surface area contributed by atoms with Gasteiger partial charge in [-0.25, -0.2) is 0 Å². The Morgan fingerprint density at radius 1 is 1.18 bits per heavy atom. The molecular weight excluding hydrogens is 216 g/mol. The second-order valence-electron chi connectivity index (χ2n) is 4.48. The third kappa shape index (κ3) is 2.53. The smallest absolute Gasteiger partial charge is 0.122 e. The maximum absolute atomic E-state index is 5.67. The van der Waals surface area contributed by atoms with Crippen molar-refractivity contribution >= 4 is 0 Å². The number of hydrazine groups is 1. The molecule has 2 rings (SSSR count). The second kappa shape index (κ2) is 5.38. The molecule has 1 aromatic rings. The van der Waals surface area contributed by atoms with Crippen molar-refractivity contribution in [2.75, 3.05) is 14.2 Å². The largest absolute Gasteiger partial charge is 0.497 e. The summed E-state index contributed by atoms with van der Waals surface area (Å²) in [5.41, 5.74) is 4.04. The number of nitrogens with one attached hydrogen (secondary N) is 1. The minimum absolute atomic E-state index is 0.188. The molecular formula is C13H20N2O2. The van der Waals surface area contributed by atoms with Crippen LogP contribution in [0.4, 0.5) is 0 Å². The van der Waals surface area contributed by atoms with Crippen LogP contribution in [-0.2, 0) is 0 Å². The number of benzene rings is 1. The van der Waals surface area contributed by atoms with Gasteiger partial charge in [0.25, 0.3) is 0 Å². The van der Waals surface area contributed by atoms with Crippen molar-refractivity contribution in [1.82, 2.24) is 5.43 Å². The van der Waals surface area contributed by atoms with Crippen molar-refractivity contribution in [3.8, 4) is 11.5 Å². The standard InChI is InChI=1S/C13H20N2O2/c1-16-11-6-10(7-12(8-11)17-2)13(15-14)9-4-3-5-9/h6-9,13,15H,3-5,14H2,1-2H3. The zero-order valence-corrected chi connectivity index (χ0v) is 10.4. The molecule has 0 bridgehead atoms. The van der Waals surface area contributed by atoms with Crippen LogP contribution in [0.3, 0.4) is 0 Å². The van der Waals surface area contributed by atoms with E-state index in [0.29, 0.717) is 5.92 Å². The molecule has 17 heavy (non-hydrogen) atoms. The summed E-state index contributed by atoms with van der Waals surface area (Å²) >= 11 is 0. The molecule has 94 valence electrons. The summed E-state index contributed by atoms with van der Waals surface area (Å²) in [4.78, 5) is 0. The minimum atomic E-state index is 0.188. The van der Waals surface area contributed by atoms with Gasteiger partial charge >= 0.3 is 0 Å². The fourth-order valence-corrected chi connectivity index (χ4v) is 2.29. The van der Waals surface area contributed by atoms with Crippen LogP contribution in [-0.4, -0.2) is 14.2 Å². The van der Waals surface area contributed by atoms with Crippen LogP contribution in [0.2, 0.25) is 0 Å². The van der Waals surface area contributed by atoms with Crippen LogP contribution in [0.5, 0.6) is 11.5 Å². The molecule has 1 aliphatic rings. The number of methoxy groups -OCH3 is 2. The summed E-state index contributed by atoms with van der Waals surface area (Å²) in [6, 6.07) is 6.10. The van der Waals surface area contributed by atoms with Gasteiger partial charge in [-0.1, -0.05) is 6.42 Å². The first-order valence-electron chi connectivity index (χ1n) is 5.97. The van der Waals surface area contributed by atoms with Crippen LogP contribution in [0.25, 0.3) is 0 Å². The molecule has 1 aromatic carbocycles. The molecule has 0 spiro atoms. The van der Waals surface area contributed by atoms with E-state index in [-0.39, 0.29) is 6.04 Å². The molecule has 4 nitrogen and oxygen atoms in total. The molecule has 3 N–H and O–H groups in total.